The average Bonchev–Trinajstić information content (AvgIpc) is 2.28. The molecular weight excluding hydrogens is 226 g/mol. The number of hydrogen-bond donors (Lipinski definition) is 1. The Labute approximate surface area is 101 Å². The van der Waals surface area contributed by atoms with Crippen LogP contribution >= 0.6 is 11.6 Å². The molecule has 0 aromatic heterocycles. The Morgan fingerprint density at radius 3 is 2.75 bits per heavy atom. The van der Waals surface area contributed by atoms with Crippen LogP contribution in [-0.2, 0) is 10.3 Å². The van der Waals surface area contributed by atoms with Crippen LogP contribution in [0.5, 0.6) is 5.75 Å². The minimum atomic E-state index is -0.458. The minimum Gasteiger partial charge on any atom is -0.497 e. The van der Waals surface area contributed by atoms with Crippen molar-refractivity contribution in [2.45, 2.75) is 19.4 Å². The summed E-state index contributed by atoms with van der Waals surface area (Å²) in [4.78, 5) is 11.3. The second-order valence-corrected chi connectivity index (χ2v) is 4.31. The van der Waals surface area contributed by atoms with Gasteiger partial charge in [-0.2, -0.15) is 0 Å². The molecule has 0 spiro atoms. The summed E-state index contributed by atoms with van der Waals surface area (Å²) < 4.78 is 5.14. The van der Waals surface area contributed by atoms with Gasteiger partial charge in [0.2, 0.25) is 5.91 Å². The lowest BCUT2D eigenvalue weighted by Crippen LogP contribution is -2.41. The Bertz CT molecular complexity index is 377. The van der Waals surface area contributed by atoms with E-state index < -0.39 is 5.54 Å². The first-order valence-electron chi connectivity index (χ1n) is 5.01. The monoisotopic (exact) mass is 241 g/mol. The van der Waals surface area contributed by atoms with Crippen molar-refractivity contribution in [2.24, 2.45) is 0 Å². The molecule has 3 nitrogen and oxygen atoms in total. The van der Waals surface area contributed by atoms with Gasteiger partial charge in [0.05, 0.1) is 12.6 Å². The van der Waals surface area contributed by atoms with E-state index in [4.69, 9.17) is 16.3 Å². The molecule has 1 aromatic rings. The predicted molar refractivity (Wildman–Crippen MR) is 64.9 cm³/mol. The summed E-state index contributed by atoms with van der Waals surface area (Å²) in [6.45, 7) is 3.85. The van der Waals surface area contributed by atoms with Crippen LogP contribution in [0, 0.1) is 0 Å². The zero-order chi connectivity index (χ0) is 12.2. The quantitative estimate of drug-likeness (QED) is 0.822. The third kappa shape index (κ3) is 3.14. The van der Waals surface area contributed by atoms with E-state index >= 15 is 0 Å². The summed E-state index contributed by atoms with van der Waals surface area (Å²) in [7, 11) is 1.61. The topological polar surface area (TPSA) is 38.3 Å². The average molecular weight is 242 g/mol. The number of alkyl halides is 1. The van der Waals surface area contributed by atoms with Crippen molar-refractivity contribution in [3.8, 4) is 5.75 Å². The molecule has 0 fully saturated rings. The van der Waals surface area contributed by atoms with Gasteiger partial charge in [0.15, 0.2) is 0 Å². The van der Waals surface area contributed by atoms with E-state index in [0.29, 0.717) is 0 Å². The maximum Gasteiger partial charge on any atom is 0.235 e. The summed E-state index contributed by atoms with van der Waals surface area (Å²) >= 11 is 5.47. The molecule has 1 aromatic carbocycles. The first-order chi connectivity index (χ1) is 7.49. The molecule has 0 radical (unpaired) electrons. The second-order valence-electron chi connectivity index (χ2n) is 4.04. The molecule has 0 saturated carbocycles. The highest BCUT2D eigenvalue weighted by atomic mass is 35.5. The van der Waals surface area contributed by atoms with Crippen LogP contribution in [0.25, 0.3) is 0 Å². The standard InChI is InChI=1S/C12H16ClNO2/c1-12(2,14-11(15)8-13)9-5-4-6-10(7-9)16-3/h4-7H,8H2,1-3H3,(H,14,15). The fourth-order valence-electron chi connectivity index (χ4n) is 1.47. The predicted octanol–water partition coefficient (Wildman–Crippen LogP) is 2.29. The van der Waals surface area contributed by atoms with Gasteiger partial charge in [-0.3, -0.25) is 4.79 Å². The Kier molecular flexibility index (Phi) is 4.19. The molecule has 0 saturated heterocycles. The molecule has 88 valence electrons. The van der Waals surface area contributed by atoms with Crippen molar-refractivity contribution in [3.05, 3.63) is 29.8 Å². The largest absolute Gasteiger partial charge is 0.497 e. The van der Waals surface area contributed by atoms with E-state index in [1.54, 1.807) is 7.11 Å². The Balaban J connectivity index is 2.92. The number of carbonyl (C=O) groups is 1. The van der Waals surface area contributed by atoms with Crippen LogP contribution in [0.3, 0.4) is 0 Å². The van der Waals surface area contributed by atoms with Gasteiger partial charge in [-0.25, -0.2) is 0 Å². The summed E-state index contributed by atoms with van der Waals surface area (Å²) in [6.07, 6.45) is 0. The van der Waals surface area contributed by atoms with E-state index in [9.17, 15) is 4.79 Å². The second kappa shape index (κ2) is 5.21. The number of carbonyl (C=O) groups excluding carboxylic acids is 1. The SMILES string of the molecule is COc1cccc(C(C)(C)NC(=O)CCl)c1. The van der Waals surface area contributed by atoms with Gasteiger partial charge in [-0.1, -0.05) is 12.1 Å². The van der Waals surface area contributed by atoms with E-state index in [1.165, 1.54) is 0 Å². The Morgan fingerprint density at radius 1 is 1.50 bits per heavy atom. The summed E-state index contributed by atoms with van der Waals surface area (Å²) in [6, 6.07) is 7.59. The first-order valence-corrected chi connectivity index (χ1v) is 5.54. The number of ether oxygens (including phenoxy) is 1. The number of halogens is 1. The number of nitrogens with one attached hydrogen (secondary N) is 1. The summed E-state index contributed by atoms with van der Waals surface area (Å²) in [5.74, 6) is 0.549. The fraction of sp³-hybridized carbons (Fsp3) is 0.417. The van der Waals surface area contributed by atoms with Crippen LogP contribution < -0.4 is 10.1 Å². The van der Waals surface area contributed by atoms with E-state index in [2.05, 4.69) is 5.32 Å². The van der Waals surface area contributed by atoms with Crippen molar-refractivity contribution >= 4 is 17.5 Å². The minimum absolute atomic E-state index is 0.0343. The molecule has 0 bridgehead atoms. The number of methoxy groups -OCH3 is 1. The highest BCUT2D eigenvalue weighted by Crippen LogP contribution is 2.23. The van der Waals surface area contributed by atoms with E-state index in [1.807, 2.05) is 38.1 Å². The van der Waals surface area contributed by atoms with Gasteiger partial charge < -0.3 is 10.1 Å². The number of amides is 1. The van der Waals surface area contributed by atoms with Crippen molar-refractivity contribution in [2.75, 3.05) is 13.0 Å². The van der Waals surface area contributed by atoms with Gasteiger partial charge in [0.25, 0.3) is 0 Å². The third-order valence-corrected chi connectivity index (χ3v) is 2.61. The molecule has 1 rings (SSSR count). The Hall–Kier alpha value is -1.22. The van der Waals surface area contributed by atoms with Crippen molar-refractivity contribution in [1.82, 2.24) is 5.32 Å². The normalized spacial score (nSPS) is 11.0. The number of hydrogen-bond acceptors (Lipinski definition) is 2. The number of rotatable bonds is 4. The highest BCUT2D eigenvalue weighted by molar-refractivity contribution is 6.27. The van der Waals surface area contributed by atoms with Crippen LogP contribution in [-0.4, -0.2) is 18.9 Å². The molecule has 0 atom stereocenters. The maximum atomic E-state index is 11.3. The molecule has 4 heteroatoms. The lowest BCUT2D eigenvalue weighted by Gasteiger charge is -2.26. The molecular formula is C12H16ClNO2. The van der Waals surface area contributed by atoms with Crippen molar-refractivity contribution < 1.29 is 9.53 Å². The molecule has 0 aliphatic heterocycles. The lowest BCUT2D eigenvalue weighted by molar-refractivity contribution is -0.120. The Morgan fingerprint density at radius 2 is 2.19 bits per heavy atom. The zero-order valence-corrected chi connectivity index (χ0v) is 10.5. The third-order valence-electron chi connectivity index (χ3n) is 2.36. The van der Waals surface area contributed by atoms with Crippen LogP contribution in [0.2, 0.25) is 0 Å². The summed E-state index contributed by atoms with van der Waals surface area (Å²) in [5, 5.41) is 2.85. The van der Waals surface area contributed by atoms with Gasteiger partial charge in [0, 0.05) is 0 Å². The lowest BCUT2D eigenvalue weighted by atomic mass is 9.94. The zero-order valence-electron chi connectivity index (χ0n) is 9.71. The fourth-order valence-corrected chi connectivity index (χ4v) is 1.53. The van der Waals surface area contributed by atoms with Gasteiger partial charge in [-0.05, 0) is 31.5 Å². The van der Waals surface area contributed by atoms with E-state index in [0.717, 1.165) is 11.3 Å². The molecule has 0 aliphatic rings. The van der Waals surface area contributed by atoms with Gasteiger partial charge >= 0.3 is 0 Å². The smallest absolute Gasteiger partial charge is 0.235 e. The molecule has 1 N–H and O–H groups in total. The van der Waals surface area contributed by atoms with Crippen LogP contribution in [0.15, 0.2) is 24.3 Å². The maximum absolute atomic E-state index is 11.3. The van der Waals surface area contributed by atoms with Gasteiger partial charge in [-0.15, -0.1) is 11.6 Å². The molecule has 16 heavy (non-hydrogen) atoms. The van der Waals surface area contributed by atoms with Gasteiger partial charge in [0.1, 0.15) is 11.6 Å². The summed E-state index contributed by atoms with van der Waals surface area (Å²) in [5.41, 5.74) is 0.519. The molecule has 0 unspecified atom stereocenters. The van der Waals surface area contributed by atoms with Crippen molar-refractivity contribution in [3.63, 3.8) is 0 Å². The first kappa shape index (κ1) is 12.8. The van der Waals surface area contributed by atoms with Crippen LogP contribution in [0.1, 0.15) is 19.4 Å². The van der Waals surface area contributed by atoms with Crippen LogP contribution in [0.4, 0.5) is 0 Å². The number of benzene rings is 1. The molecule has 0 heterocycles. The molecule has 1 amide bonds. The van der Waals surface area contributed by atoms with E-state index in [-0.39, 0.29) is 11.8 Å². The molecule has 0 aliphatic carbocycles. The van der Waals surface area contributed by atoms with Crippen molar-refractivity contribution in [1.29, 1.82) is 0 Å². The highest BCUT2D eigenvalue weighted by Gasteiger charge is 2.22.